The minimum atomic E-state index is 0.232. The summed E-state index contributed by atoms with van der Waals surface area (Å²) in [5.41, 5.74) is 0. The lowest BCUT2D eigenvalue weighted by molar-refractivity contribution is 0.114. The molecule has 0 bridgehead atoms. The molecule has 25 heavy (non-hydrogen) atoms. The standard InChI is InChI=1S/C17H27N5O2S/c1-12-6-3-4-8-22(12)14-10-15(23-2)20-16(19-14)21-17(25)18-11-13-7-5-9-24-13/h10,12-13H,3-9,11H2,1-2H3,(H2,18,19,20,21,25)/t12-,13+/m1/s1. The second-order valence-corrected chi connectivity index (χ2v) is 7.01. The molecule has 2 fully saturated rings. The van der Waals surface area contributed by atoms with Crippen LogP contribution in [0.4, 0.5) is 11.8 Å². The van der Waals surface area contributed by atoms with Gasteiger partial charge in [-0.3, -0.25) is 0 Å². The molecule has 2 atom stereocenters. The van der Waals surface area contributed by atoms with E-state index in [1.165, 1.54) is 19.3 Å². The molecule has 0 unspecified atom stereocenters. The predicted molar refractivity (Wildman–Crippen MR) is 102 cm³/mol. The molecular weight excluding hydrogens is 338 g/mol. The Morgan fingerprint density at radius 3 is 2.96 bits per heavy atom. The van der Waals surface area contributed by atoms with E-state index in [0.717, 1.165) is 31.8 Å². The molecule has 2 saturated heterocycles. The number of hydrogen-bond acceptors (Lipinski definition) is 6. The molecule has 0 radical (unpaired) electrons. The van der Waals surface area contributed by atoms with Crippen LogP contribution in [-0.2, 0) is 4.74 Å². The number of aromatic nitrogens is 2. The van der Waals surface area contributed by atoms with Gasteiger partial charge in [0.25, 0.3) is 0 Å². The molecular formula is C17H27N5O2S. The van der Waals surface area contributed by atoms with Crippen LogP contribution in [0.2, 0.25) is 0 Å². The van der Waals surface area contributed by atoms with E-state index >= 15 is 0 Å². The zero-order chi connectivity index (χ0) is 17.6. The third kappa shape index (κ3) is 4.92. The first-order chi connectivity index (χ1) is 12.2. The third-order valence-electron chi connectivity index (χ3n) is 4.74. The van der Waals surface area contributed by atoms with Crippen LogP contribution in [0, 0.1) is 0 Å². The molecule has 1 aromatic heterocycles. The fraction of sp³-hybridized carbons (Fsp3) is 0.706. The number of hydrogen-bond donors (Lipinski definition) is 2. The van der Waals surface area contributed by atoms with Crippen LogP contribution >= 0.6 is 12.2 Å². The maximum atomic E-state index is 5.59. The minimum Gasteiger partial charge on any atom is -0.481 e. The topological polar surface area (TPSA) is 71.5 Å². The van der Waals surface area contributed by atoms with Crippen LogP contribution in [0.15, 0.2) is 6.07 Å². The highest BCUT2D eigenvalue weighted by molar-refractivity contribution is 7.80. The summed E-state index contributed by atoms with van der Waals surface area (Å²) < 4.78 is 10.9. The summed E-state index contributed by atoms with van der Waals surface area (Å²) in [6, 6.07) is 2.35. The van der Waals surface area contributed by atoms with Crippen molar-refractivity contribution in [2.45, 2.75) is 51.2 Å². The van der Waals surface area contributed by atoms with Gasteiger partial charge in [0, 0.05) is 31.8 Å². The van der Waals surface area contributed by atoms with Crippen molar-refractivity contribution in [2.75, 3.05) is 37.0 Å². The van der Waals surface area contributed by atoms with Crippen molar-refractivity contribution in [3.63, 3.8) is 0 Å². The van der Waals surface area contributed by atoms with Crippen LogP contribution < -0.4 is 20.3 Å². The molecule has 2 aliphatic heterocycles. The normalized spacial score (nSPS) is 23.4. The molecule has 7 nitrogen and oxygen atoms in total. The molecule has 2 aliphatic rings. The van der Waals surface area contributed by atoms with Crippen molar-refractivity contribution in [3.8, 4) is 5.88 Å². The van der Waals surface area contributed by atoms with Crippen LogP contribution in [0.1, 0.15) is 39.0 Å². The van der Waals surface area contributed by atoms with Crippen molar-refractivity contribution in [1.82, 2.24) is 15.3 Å². The fourth-order valence-electron chi connectivity index (χ4n) is 3.32. The maximum absolute atomic E-state index is 5.59. The molecule has 138 valence electrons. The first-order valence-electron chi connectivity index (χ1n) is 9.02. The van der Waals surface area contributed by atoms with Crippen molar-refractivity contribution in [3.05, 3.63) is 6.07 Å². The number of methoxy groups -OCH3 is 1. The third-order valence-corrected chi connectivity index (χ3v) is 4.98. The highest BCUT2D eigenvalue weighted by Gasteiger charge is 2.21. The fourth-order valence-corrected chi connectivity index (χ4v) is 3.49. The van der Waals surface area contributed by atoms with Crippen molar-refractivity contribution >= 4 is 29.1 Å². The summed E-state index contributed by atoms with van der Waals surface area (Å²) in [6.07, 6.45) is 6.04. The van der Waals surface area contributed by atoms with Crippen LogP contribution in [0.25, 0.3) is 0 Å². The molecule has 3 rings (SSSR count). The second kappa shape index (κ2) is 8.62. The predicted octanol–water partition coefficient (Wildman–Crippen LogP) is 2.33. The van der Waals surface area contributed by atoms with E-state index in [2.05, 4.69) is 32.4 Å². The van der Waals surface area contributed by atoms with E-state index in [1.807, 2.05) is 6.07 Å². The number of nitrogens with one attached hydrogen (secondary N) is 2. The van der Waals surface area contributed by atoms with Gasteiger partial charge < -0.3 is 25.0 Å². The summed E-state index contributed by atoms with van der Waals surface area (Å²) in [6.45, 7) is 4.77. The Morgan fingerprint density at radius 2 is 2.24 bits per heavy atom. The molecule has 0 aliphatic carbocycles. The van der Waals surface area contributed by atoms with Gasteiger partial charge in [-0.2, -0.15) is 9.97 Å². The van der Waals surface area contributed by atoms with Crippen LogP contribution in [0.5, 0.6) is 5.88 Å². The first-order valence-corrected chi connectivity index (χ1v) is 9.42. The van der Waals surface area contributed by atoms with Gasteiger partial charge in [-0.25, -0.2) is 0 Å². The lowest BCUT2D eigenvalue weighted by Gasteiger charge is -2.34. The van der Waals surface area contributed by atoms with Gasteiger partial charge in [-0.1, -0.05) is 0 Å². The van der Waals surface area contributed by atoms with E-state index < -0.39 is 0 Å². The smallest absolute Gasteiger partial charge is 0.234 e. The summed E-state index contributed by atoms with van der Waals surface area (Å²) >= 11 is 5.36. The SMILES string of the molecule is COc1cc(N2CCCC[C@H]2C)nc(NC(=S)NC[C@@H]2CCCO2)n1. The summed E-state index contributed by atoms with van der Waals surface area (Å²) in [7, 11) is 1.61. The minimum absolute atomic E-state index is 0.232. The summed E-state index contributed by atoms with van der Waals surface area (Å²) in [5.74, 6) is 1.87. The van der Waals surface area contributed by atoms with Gasteiger partial charge in [0.2, 0.25) is 11.8 Å². The van der Waals surface area contributed by atoms with Crippen LogP contribution in [0.3, 0.4) is 0 Å². The van der Waals surface area contributed by atoms with Gasteiger partial charge >= 0.3 is 0 Å². The van der Waals surface area contributed by atoms with E-state index in [-0.39, 0.29) is 6.10 Å². The first kappa shape index (κ1) is 18.1. The highest BCUT2D eigenvalue weighted by atomic mass is 32.1. The number of ether oxygens (including phenoxy) is 2. The molecule has 8 heteroatoms. The van der Waals surface area contributed by atoms with E-state index in [1.54, 1.807) is 7.11 Å². The Balaban J connectivity index is 1.65. The zero-order valence-electron chi connectivity index (χ0n) is 15.0. The number of nitrogens with zero attached hydrogens (tertiary/aromatic N) is 3. The van der Waals surface area contributed by atoms with Gasteiger partial charge in [0.15, 0.2) is 5.11 Å². The monoisotopic (exact) mass is 365 g/mol. The zero-order valence-corrected chi connectivity index (χ0v) is 15.8. The molecule has 0 spiro atoms. The second-order valence-electron chi connectivity index (χ2n) is 6.60. The lowest BCUT2D eigenvalue weighted by Crippen LogP contribution is -2.38. The maximum Gasteiger partial charge on any atom is 0.234 e. The molecule has 2 N–H and O–H groups in total. The van der Waals surface area contributed by atoms with Gasteiger partial charge in [-0.15, -0.1) is 0 Å². The molecule has 3 heterocycles. The van der Waals surface area contributed by atoms with Crippen LogP contribution in [-0.4, -0.2) is 54.0 Å². The van der Waals surface area contributed by atoms with Gasteiger partial charge in [-0.05, 0) is 51.2 Å². The van der Waals surface area contributed by atoms with Gasteiger partial charge in [0.05, 0.1) is 13.2 Å². The average Bonchev–Trinajstić information content (AvgIpc) is 3.13. The Labute approximate surface area is 154 Å². The number of anilines is 2. The summed E-state index contributed by atoms with van der Waals surface area (Å²) in [5, 5.41) is 6.75. The highest BCUT2D eigenvalue weighted by Crippen LogP contribution is 2.26. The molecule has 0 amide bonds. The lowest BCUT2D eigenvalue weighted by atomic mass is 10.0. The van der Waals surface area contributed by atoms with Crippen molar-refractivity contribution < 1.29 is 9.47 Å². The average molecular weight is 366 g/mol. The largest absolute Gasteiger partial charge is 0.481 e. The molecule has 1 aromatic rings. The Kier molecular flexibility index (Phi) is 6.25. The molecule has 0 aromatic carbocycles. The number of rotatable bonds is 5. The van der Waals surface area contributed by atoms with Crippen molar-refractivity contribution in [2.24, 2.45) is 0 Å². The Morgan fingerprint density at radius 1 is 1.36 bits per heavy atom. The van der Waals surface area contributed by atoms with E-state index in [9.17, 15) is 0 Å². The van der Waals surface area contributed by atoms with E-state index in [4.69, 9.17) is 21.7 Å². The Bertz CT molecular complexity index is 594. The van der Waals surface area contributed by atoms with Crippen molar-refractivity contribution in [1.29, 1.82) is 0 Å². The number of piperidine rings is 1. The quantitative estimate of drug-likeness (QED) is 0.771. The number of thiocarbonyl (C=S) groups is 1. The Hall–Kier alpha value is -1.67. The summed E-state index contributed by atoms with van der Waals surface area (Å²) in [4.78, 5) is 11.3. The van der Waals surface area contributed by atoms with Gasteiger partial charge in [0.1, 0.15) is 5.82 Å². The van der Waals surface area contributed by atoms with E-state index in [0.29, 0.717) is 29.5 Å². The molecule has 0 saturated carbocycles.